The Balaban J connectivity index is 0.00000174. The number of rotatable bonds is 9. The first-order chi connectivity index (χ1) is 19.8. The molecule has 0 saturated heterocycles. The number of carboxylic acids is 2. The van der Waals surface area contributed by atoms with Crippen molar-refractivity contribution in [1.29, 1.82) is 0 Å². The minimum atomic E-state index is -1.08. The van der Waals surface area contributed by atoms with Gasteiger partial charge < -0.3 is 34.8 Å². The molecule has 9 nitrogen and oxygen atoms in total. The van der Waals surface area contributed by atoms with Crippen molar-refractivity contribution in [2.24, 2.45) is 9.98 Å². The Labute approximate surface area is 264 Å². The Morgan fingerprint density at radius 1 is 0.767 bits per heavy atom. The van der Waals surface area contributed by atoms with Crippen LogP contribution in [0.15, 0.2) is 52.4 Å². The molecule has 3 rings (SSSR count). The molecule has 2 N–H and O–H groups in total. The number of hydrogen-bond acceptors (Lipinski definition) is 9. The summed E-state index contributed by atoms with van der Waals surface area (Å²) in [5, 5.41) is 38.9. The van der Waals surface area contributed by atoms with Crippen LogP contribution in [-0.4, -0.2) is 41.7 Å². The Morgan fingerprint density at radius 2 is 1.16 bits per heavy atom. The summed E-state index contributed by atoms with van der Waals surface area (Å²) in [7, 11) is 1.61. The second kappa shape index (κ2) is 19.9. The fourth-order valence-electron chi connectivity index (χ4n) is 3.95. The molecule has 0 bridgehead atoms. The summed E-state index contributed by atoms with van der Waals surface area (Å²) in [5.74, 6) is -1.05. The Hall–Kier alpha value is -4.15. The molecule has 0 fully saturated rings. The summed E-state index contributed by atoms with van der Waals surface area (Å²) in [5.41, 5.74) is 6.58. The van der Waals surface area contributed by atoms with E-state index in [4.69, 9.17) is 24.5 Å². The first-order valence-electron chi connectivity index (χ1n) is 13.6. The molecule has 43 heavy (non-hydrogen) atoms. The van der Waals surface area contributed by atoms with Crippen molar-refractivity contribution >= 4 is 35.7 Å². The van der Waals surface area contributed by atoms with E-state index in [2.05, 4.69) is 23.8 Å². The molecule has 0 aliphatic carbocycles. The molecule has 0 unspecified atom stereocenters. The summed E-state index contributed by atoms with van der Waals surface area (Å²) >= 11 is 0. The SMILES string of the molecule is CC(=O)[O-].CC(=O)[O-].CCCc1cc(C)c(O)c(C=Nc2ccc(OC)cc2N=Cc2cc(CCC)cc(C)c2O)c1.[Co+2]. The van der Waals surface area contributed by atoms with Gasteiger partial charge in [0.25, 0.3) is 0 Å². The number of hydrogen-bond donors (Lipinski definition) is 2. The van der Waals surface area contributed by atoms with E-state index in [1.807, 2.05) is 56.3 Å². The number of phenolic OH excluding ortho intramolecular Hbond substituents is 2. The number of aliphatic imine (C=N–C) groups is 2. The number of benzene rings is 3. The maximum atomic E-state index is 10.5. The normalized spacial score (nSPS) is 10.3. The van der Waals surface area contributed by atoms with Gasteiger partial charge >= 0.3 is 16.8 Å². The van der Waals surface area contributed by atoms with Gasteiger partial charge in [0, 0.05) is 41.6 Å². The van der Waals surface area contributed by atoms with Crippen LogP contribution in [0, 0.1) is 13.8 Å². The van der Waals surface area contributed by atoms with Gasteiger partial charge in [-0.2, -0.15) is 0 Å². The summed E-state index contributed by atoms with van der Waals surface area (Å²) < 4.78 is 5.38. The molecule has 0 atom stereocenters. The number of aliphatic carboxylic acids is 2. The van der Waals surface area contributed by atoms with Crippen molar-refractivity contribution in [1.82, 2.24) is 0 Å². The second-order valence-corrected chi connectivity index (χ2v) is 9.56. The first-order valence-corrected chi connectivity index (χ1v) is 13.6. The van der Waals surface area contributed by atoms with Gasteiger partial charge in [-0.25, -0.2) is 0 Å². The molecule has 3 aromatic carbocycles. The largest absolute Gasteiger partial charge is 2.00 e. The molecule has 0 aliphatic heterocycles. The number of carbonyl (C=O) groups excluding carboxylic acids is 2. The fraction of sp³-hybridized carbons (Fsp3) is 0.333. The minimum Gasteiger partial charge on any atom is -0.550 e. The van der Waals surface area contributed by atoms with Gasteiger partial charge in [0.1, 0.15) is 17.2 Å². The average Bonchev–Trinajstić information content (AvgIpc) is 2.91. The zero-order chi connectivity index (χ0) is 31.8. The predicted molar refractivity (Wildman–Crippen MR) is 163 cm³/mol. The zero-order valence-electron chi connectivity index (χ0n) is 25.7. The number of nitrogens with zero attached hydrogens (tertiary/aromatic N) is 2. The van der Waals surface area contributed by atoms with Gasteiger partial charge in [0.15, 0.2) is 0 Å². The number of aromatic hydroxyl groups is 2. The van der Waals surface area contributed by atoms with Crippen LogP contribution in [0.3, 0.4) is 0 Å². The standard InChI is InChI=1S/C29H34N2O3.2C2H4O2.Co/c1-6-8-21-12-19(3)28(32)23(14-21)17-30-26-11-10-25(34-5)16-27(26)31-18-24-15-22(9-7-2)13-20(4)29(24)33;2*1-2(3)4;/h10-18,32-33H,6-9H2,1-5H3;2*1H3,(H,3,4);/q;;;+2/p-2. The fourth-order valence-corrected chi connectivity index (χ4v) is 3.95. The van der Waals surface area contributed by atoms with E-state index >= 15 is 0 Å². The zero-order valence-corrected chi connectivity index (χ0v) is 26.7. The van der Waals surface area contributed by atoms with E-state index in [1.54, 1.807) is 19.5 Å². The molecule has 233 valence electrons. The number of methoxy groups -OCH3 is 1. The van der Waals surface area contributed by atoms with E-state index in [0.717, 1.165) is 50.7 Å². The van der Waals surface area contributed by atoms with Crippen molar-refractivity contribution in [2.45, 2.75) is 67.2 Å². The van der Waals surface area contributed by atoms with Crippen LogP contribution in [0.1, 0.15) is 73.9 Å². The summed E-state index contributed by atoms with van der Waals surface area (Å²) in [6.07, 6.45) is 7.28. The summed E-state index contributed by atoms with van der Waals surface area (Å²) in [4.78, 5) is 27.1. The first kappa shape index (κ1) is 38.8. The van der Waals surface area contributed by atoms with Gasteiger partial charge in [-0.1, -0.05) is 38.8 Å². The number of carbonyl (C=O) groups is 2. The van der Waals surface area contributed by atoms with E-state index in [9.17, 15) is 10.2 Å². The third-order valence-electron chi connectivity index (χ3n) is 5.72. The second-order valence-electron chi connectivity index (χ2n) is 9.56. The molecule has 0 heterocycles. The van der Waals surface area contributed by atoms with Crippen molar-refractivity contribution in [2.75, 3.05) is 7.11 Å². The third kappa shape index (κ3) is 14.0. The van der Waals surface area contributed by atoms with Crippen molar-refractivity contribution in [3.05, 3.63) is 75.8 Å². The molecular formula is C33H40CoN2O7. The Bertz CT molecular complexity index is 1400. The molecule has 0 amide bonds. The summed E-state index contributed by atoms with van der Waals surface area (Å²) in [6.45, 7) is 10.0. The predicted octanol–water partition coefficient (Wildman–Crippen LogP) is 4.64. The maximum absolute atomic E-state index is 10.5. The number of carboxylic acid groups (broad SMARTS) is 2. The van der Waals surface area contributed by atoms with Crippen LogP contribution in [0.25, 0.3) is 0 Å². The van der Waals surface area contributed by atoms with Crippen molar-refractivity contribution in [3.63, 3.8) is 0 Å². The summed E-state index contributed by atoms with van der Waals surface area (Å²) in [6, 6.07) is 13.4. The van der Waals surface area contributed by atoms with Crippen LogP contribution in [-0.2, 0) is 39.2 Å². The molecular weight excluding hydrogens is 595 g/mol. The number of phenols is 2. The minimum absolute atomic E-state index is 0. The van der Waals surface area contributed by atoms with E-state index < -0.39 is 11.9 Å². The maximum Gasteiger partial charge on any atom is 2.00 e. The Kier molecular flexibility index (Phi) is 18.0. The van der Waals surface area contributed by atoms with Gasteiger partial charge in [-0.05, 0) is 87.1 Å². The Morgan fingerprint density at radius 3 is 1.53 bits per heavy atom. The van der Waals surface area contributed by atoms with Gasteiger partial charge in [0.2, 0.25) is 0 Å². The van der Waals surface area contributed by atoms with Crippen LogP contribution in [0.4, 0.5) is 11.4 Å². The van der Waals surface area contributed by atoms with Gasteiger partial charge in [-0.3, -0.25) is 9.98 Å². The third-order valence-corrected chi connectivity index (χ3v) is 5.72. The quantitative estimate of drug-likeness (QED) is 0.325. The van der Waals surface area contributed by atoms with E-state index in [1.165, 1.54) is 11.1 Å². The van der Waals surface area contributed by atoms with Gasteiger partial charge in [-0.15, -0.1) is 0 Å². The van der Waals surface area contributed by atoms with Crippen LogP contribution in [0.2, 0.25) is 0 Å². The molecule has 0 saturated carbocycles. The molecule has 10 heteroatoms. The van der Waals surface area contributed by atoms with E-state index in [0.29, 0.717) is 28.3 Å². The van der Waals surface area contributed by atoms with Crippen LogP contribution < -0.4 is 14.9 Å². The van der Waals surface area contributed by atoms with Crippen LogP contribution in [0.5, 0.6) is 17.2 Å². The molecule has 0 aliphatic rings. The number of aryl methyl sites for hydroxylation is 4. The molecule has 0 aromatic heterocycles. The van der Waals surface area contributed by atoms with E-state index in [-0.39, 0.29) is 28.3 Å². The monoisotopic (exact) mass is 635 g/mol. The van der Waals surface area contributed by atoms with Crippen molar-refractivity contribution in [3.8, 4) is 17.2 Å². The molecule has 0 spiro atoms. The smallest absolute Gasteiger partial charge is 0.550 e. The van der Waals surface area contributed by atoms with Crippen molar-refractivity contribution < 1.29 is 51.5 Å². The molecule has 3 aromatic rings. The van der Waals surface area contributed by atoms with Gasteiger partial charge in [0.05, 0.1) is 18.5 Å². The topological polar surface area (TPSA) is 155 Å². The average molecular weight is 636 g/mol. The van der Waals surface area contributed by atoms with Crippen LogP contribution >= 0.6 is 0 Å². The molecule has 1 radical (unpaired) electrons. The number of ether oxygens (including phenoxy) is 1.